The molecule has 0 fully saturated rings. The van der Waals surface area contributed by atoms with Crippen LogP contribution in [-0.2, 0) is 4.79 Å². The lowest BCUT2D eigenvalue weighted by Gasteiger charge is -1.99. The number of nitro benzene ring substituents is 2. The zero-order chi connectivity index (χ0) is 12.3. The van der Waals surface area contributed by atoms with Gasteiger partial charge in [0.15, 0.2) is 0 Å². The molecule has 0 saturated carbocycles. The minimum atomic E-state index is -0.772. The summed E-state index contributed by atoms with van der Waals surface area (Å²) < 4.78 is 0. The highest BCUT2D eigenvalue weighted by molar-refractivity contribution is 5.64. The largest absolute Gasteiger partial charge is 0.281 e. The molecule has 0 heterocycles. The SMILES string of the molecule is Cc1c([N+](=O)[O-])cc(N=C=O)cc1[N+](=O)[O-]. The van der Waals surface area contributed by atoms with Crippen LogP contribution >= 0.6 is 0 Å². The van der Waals surface area contributed by atoms with Crippen molar-refractivity contribution in [1.82, 2.24) is 0 Å². The van der Waals surface area contributed by atoms with Gasteiger partial charge in [-0.3, -0.25) is 20.2 Å². The third-order valence-electron chi connectivity index (χ3n) is 1.91. The summed E-state index contributed by atoms with van der Waals surface area (Å²) in [5.41, 5.74) is -1.16. The zero-order valence-electron chi connectivity index (χ0n) is 8.04. The van der Waals surface area contributed by atoms with Crippen molar-refractivity contribution in [1.29, 1.82) is 0 Å². The average molecular weight is 223 g/mol. The van der Waals surface area contributed by atoms with E-state index in [1.165, 1.54) is 13.0 Å². The fourth-order valence-electron chi connectivity index (χ4n) is 1.17. The summed E-state index contributed by atoms with van der Waals surface area (Å²) in [4.78, 5) is 32.8. The van der Waals surface area contributed by atoms with Crippen molar-refractivity contribution in [3.05, 3.63) is 37.9 Å². The third kappa shape index (κ3) is 2.07. The summed E-state index contributed by atoms with van der Waals surface area (Å²) in [7, 11) is 0. The molecule has 0 aliphatic rings. The fourth-order valence-corrected chi connectivity index (χ4v) is 1.17. The first-order chi connectivity index (χ1) is 7.47. The number of aliphatic imine (C=N–C) groups is 1. The number of hydrogen-bond acceptors (Lipinski definition) is 6. The number of hydrogen-bond donors (Lipinski definition) is 0. The predicted octanol–water partition coefficient (Wildman–Crippen LogP) is 1.78. The Hall–Kier alpha value is -2.60. The van der Waals surface area contributed by atoms with E-state index in [4.69, 9.17) is 0 Å². The lowest BCUT2D eigenvalue weighted by molar-refractivity contribution is -0.395. The highest BCUT2D eigenvalue weighted by atomic mass is 16.6. The molecule has 0 N–H and O–H groups in total. The maximum Gasteiger partial charge on any atom is 0.281 e. The highest BCUT2D eigenvalue weighted by Crippen LogP contribution is 2.32. The minimum absolute atomic E-state index is 0.0835. The number of nitrogens with zero attached hydrogens (tertiary/aromatic N) is 3. The molecule has 8 heteroatoms. The Labute approximate surface area is 88.5 Å². The van der Waals surface area contributed by atoms with Crippen molar-refractivity contribution in [3.63, 3.8) is 0 Å². The minimum Gasteiger partial charge on any atom is -0.258 e. The molecule has 16 heavy (non-hydrogen) atoms. The van der Waals surface area contributed by atoms with Gasteiger partial charge < -0.3 is 0 Å². The van der Waals surface area contributed by atoms with Crippen LogP contribution < -0.4 is 0 Å². The zero-order valence-corrected chi connectivity index (χ0v) is 8.04. The quantitative estimate of drug-likeness (QED) is 0.335. The van der Waals surface area contributed by atoms with Crippen LogP contribution in [0.15, 0.2) is 17.1 Å². The maximum absolute atomic E-state index is 10.6. The van der Waals surface area contributed by atoms with E-state index in [2.05, 4.69) is 4.99 Å². The molecule has 1 aromatic rings. The summed E-state index contributed by atoms with van der Waals surface area (Å²) in [6, 6.07) is 1.96. The summed E-state index contributed by atoms with van der Waals surface area (Å²) in [6.07, 6.45) is 1.17. The summed E-state index contributed by atoms with van der Waals surface area (Å²) in [5.74, 6) is 0. The van der Waals surface area contributed by atoms with Gasteiger partial charge in [0.2, 0.25) is 6.08 Å². The van der Waals surface area contributed by atoms with E-state index in [1.807, 2.05) is 0 Å². The van der Waals surface area contributed by atoms with Crippen molar-refractivity contribution in [3.8, 4) is 0 Å². The van der Waals surface area contributed by atoms with E-state index in [0.29, 0.717) is 0 Å². The van der Waals surface area contributed by atoms with Gasteiger partial charge >= 0.3 is 0 Å². The van der Waals surface area contributed by atoms with Gasteiger partial charge in [-0.25, -0.2) is 4.79 Å². The first-order valence-electron chi connectivity index (χ1n) is 3.98. The summed E-state index contributed by atoms with van der Waals surface area (Å²) >= 11 is 0. The monoisotopic (exact) mass is 223 g/mol. The molecule has 0 spiro atoms. The van der Waals surface area contributed by atoms with Crippen LogP contribution in [0.5, 0.6) is 0 Å². The van der Waals surface area contributed by atoms with Crippen LogP contribution in [0.3, 0.4) is 0 Å². The standard InChI is InChI=1S/C8H5N3O5/c1-5-7(10(13)14)2-6(9-4-12)3-8(5)11(15)16/h2-3H,1H3. The predicted molar refractivity (Wildman–Crippen MR) is 52.3 cm³/mol. The molecule has 0 unspecified atom stereocenters. The molecular weight excluding hydrogens is 218 g/mol. The number of rotatable bonds is 3. The second kappa shape index (κ2) is 4.28. The first kappa shape index (κ1) is 11.5. The Kier molecular flexibility index (Phi) is 3.07. The number of nitro groups is 2. The number of benzene rings is 1. The van der Waals surface area contributed by atoms with E-state index in [-0.39, 0.29) is 11.3 Å². The Balaban J connectivity index is 3.56. The Morgan fingerprint density at radius 1 is 1.19 bits per heavy atom. The summed E-state index contributed by atoms with van der Waals surface area (Å²) in [5, 5.41) is 21.2. The number of carbonyl (C=O) groups excluding carboxylic acids is 1. The van der Waals surface area contributed by atoms with Gasteiger partial charge in [-0.05, 0) is 6.92 Å². The van der Waals surface area contributed by atoms with Gasteiger partial charge in [0.05, 0.1) is 15.5 Å². The van der Waals surface area contributed by atoms with Crippen molar-refractivity contribution in [2.75, 3.05) is 0 Å². The Morgan fingerprint density at radius 2 is 1.62 bits per heavy atom. The van der Waals surface area contributed by atoms with Crippen LogP contribution in [0, 0.1) is 27.2 Å². The molecule has 0 aliphatic heterocycles. The topological polar surface area (TPSA) is 116 Å². The van der Waals surface area contributed by atoms with E-state index in [9.17, 15) is 25.0 Å². The number of isocyanates is 1. The molecular formula is C8H5N3O5. The van der Waals surface area contributed by atoms with Crippen molar-refractivity contribution in [2.24, 2.45) is 4.99 Å². The van der Waals surface area contributed by atoms with Crippen LogP contribution in [0.25, 0.3) is 0 Å². The van der Waals surface area contributed by atoms with Crippen LogP contribution in [-0.4, -0.2) is 15.9 Å². The molecule has 0 radical (unpaired) electrons. The lowest BCUT2D eigenvalue weighted by atomic mass is 10.1. The fraction of sp³-hybridized carbons (Fsp3) is 0.125. The van der Waals surface area contributed by atoms with Crippen LogP contribution in [0.2, 0.25) is 0 Å². The molecule has 0 saturated heterocycles. The Morgan fingerprint density at radius 3 is 1.94 bits per heavy atom. The van der Waals surface area contributed by atoms with E-state index < -0.39 is 21.2 Å². The van der Waals surface area contributed by atoms with E-state index in [1.54, 1.807) is 0 Å². The molecule has 0 atom stereocenters. The van der Waals surface area contributed by atoms with Gasteiger partial charge in [0.25, 0.3) is 11.4 Å². The molecule has 0 amide bonds. The average Bonchev–Trinajstić information content (AvgIpc) is 2.19. The highest BCUT2D eigenvalue weighted by Gasteiger charge is 2.22. The van der Waals surface area contributed by atoms with Gasteiger partial charge in [-0.1, -0.05) is 0 Å². The van der Waals surface area contributed by atoms with Gasteiger partial charge in [-0.2, -0.15) is 4.99 Å². The van der Waals surface area contributed by atoms with Crippen molar-refractivity contribution < 1.29 is 14.6 Å². The molecule has 1 rings (SSSR count). The third-order valence-corrected chi connectivity index (χ3v) is 1.91. The van der Waals surface area contributed by atoms with Gasteiger partial charge in [0, 0.05) is 12.1 Å². The van der Waals surface area contributed by atoms with E-state index >= 15 is 0 Å². The van der Waals surface area contributed by atoms with Crippen molar-refractivity contribution in [2.45, 2.75) is 6.92 Å². The van der Waals surface area contributed by atoms with E-state index in [0.717, 1.165) is 12.1 Å². The first-order valence-corrected chi connectivity index (χ1v) is 3.98. The van der Waals surface area contributed by atoms with Crippen LogP contribution in [0.1, 0.15) is 5.56 Å². The molecule has 8 nitrogen and oxygen atoms in total. The van der Waals surface area contributed by atoms with Crippen molar-refractivity contribution >= 4 is 23.1 Å². The second-order valence-electron chi connectivity index (χ2n) is 2.83. The molecule has 82 valence electrons. The maximum atomic E-state index is 10.6. The summed E-state index contributed by atoms with van der Waals surface area (Å²) in [6.45, 7) is 1.25. The van der Waals surface area contributed by atoms with Gasteiger partial charge in [-0.15, -0.1) is 0 Å². The van der Waals surface area contributed by atoms with Crippen LogP contribution in [0.4, 0.5) is 17.1 Å². The normalized spacial score (nSPS) is 9.31. The lowest BCUT2D eigenvalue weighted by Crippen LogP contribution is -1.97. The molecule has 0 aromatic heterocycles. The molecule has 0 aliphatic carbocycles. The second-order valence-corrected chi connectivity index (χ2v) is 2.83. The van der Waals surface area contributed by atoms with Gasteiger partial charge in [0.1, 0.15) is 5.56 Å². The Bertz CT molecular complexity index is 483. The molecule has 0 bridgehead atoms. The smallest absolute Gasteiger partial charge is 0.258 e. The molecule has 1 aromatic carbocycles.